The molecule has 1 atom stereocenters. The number of methoxy groups -OCH3 is 2. The maximum absolute atomic E-state index is 11.8. The van der Waals surface area contributed by atoms with Gasteiger partial charge in [-0.1, -0.05) is 0 Å². The van der Waals surface area contributed by atoms with Gasteiger partial charge in [-0.25, -0.2) is 9.31 Å². The van der Waals surface area contributed by atoms with Gasteiger partial charge in [0.25, 0.3) is 0 Å². The monoisotopic (exact) mass is 374 g/mol. The number of carbonyl (C=O) groups excluding carboxylic acids is 1. The van der Waals surface area contributed by atoms with Gasteiger partial charge >= 0.3 is 5.97 Å². The second kappa shape index (κ2) is 8.76. The third kappa shape index (κ3) is 4.51. The van der Waals surface area contributed by atoms with Crippen LogP contribution in [0, 0.1) is 0 Å². The van der Waals surface area contributed by atoms with Crippen molar-refractivity contribution >= 4 is 11.5 Å². The number of pyridine rings is 1. The van der Waals surface area contributed by atoms with E-state index in [-0.39, 0.29) is 6.61 Å². The first-order valence-electron chi connectivity index (χ1n) is 8.45. The summed E-state index contributed by atoms with van der Waals surface area (Å²) in [6, 6.07) is 3.73. The summed E-state index contributed by atoms with van der Waals surface area (Å²) >= 11 is 0. The number of aliphatic hydroxyl groups is 1. The van der Waals surface area contributed by atoms with Gasteiger partial charge in [0.15, 0.2) is 0 Å². The highest BCUT2D eigenvalue weighted by Crippen LogP contribution is 2.22. The topological polar surface area (TPSA) is 100 Å². The van der Waals surface area contributed by atoms with Crippen LogP contribution in [-0.4, -0.2) is 70.6 Å². The van der Waals surface area contributed by atoms with Crippen LogP contribution in [0.4, 0.5) is 0 Å². The van der Waals surface area contributed by atoms with E-state index in [0.717, 1.165) is 11.1 Å². The minimum absolute atomic E-state index is 0.211. The van der Waals surface area contributed by atoms with Crippen molar-refractivity contribution in [3.05, 3.63) is 42.5 Å². The summed E-state index contributed by atoms with van der Waals surface area (Å²) < 4.78 is 18.3. The summed E-state index contributed by atoms with van der Waals surface area (Å²) in [5.74, 6) is -0.436. The van der Waals surface area contributed by atoms with Crippen LogP contribution in [0.15, 0.2) is 36.9 Å². The second-order valence-electron chi connectivity index (χ2n) is 5.97. The maximum Gasteiger partial charge on any atom is 0.341 e. The SMILES string of the molecule is COCCOC[C@@H](O)Cn1cc(-c2ccn3ncc(C(=O)OC)c3c2)cn1. The first-order chi connectivity index (χ1) is 13.1. The van der Waals surface area contributed by atoms with Gasteiger partial charge in [0, 0.05) is 25.1 Å². The maximum atomic E-state index is 11.8. The van der Waals surface area contributed by atoms with Gasteiger partial charge in [0.1, 0.15) is 5.56 Å². The number of ether oxygens (including phenoxy) is 3. The van der Waals surface area contributed by atoms with Crippen molar-refractivity contribution in [3.63, 3.8) is 0 Å². The predicted octanol–water partition coefficient (Wildman–Crippen LogP) is 1.01. The number of aliphatic hydroxyl groups excluding tert-OH is 1. The third-order valence-electron chi connectivity index (χ3n) is 4.03. The van der Waals surface area contributed by atoms with Crippen LogP contribution in [0.2, 0.25) is 0 Å². The molecule has 0 aliphatic rings. The Labute approximate surface area is 156 Å². The lowest BCUT2D eigenvalue weighted by atomic mass is 10.1. The molecule has 3 rings (SSSR count). The molecule has 9 nitrogen and oxygen atoms in total. The molecule has 0 aliphatic carbocycles. The minimum Gasteiger partial charge on any atom is -0.465 e. The first-order valence-corrected chi connectivity index (χ1v) is 8.45. The summed E-state index contributed by atoms with van der Waals surface area (Å²) in [6.45, 7) is 1.45. The molecule has 0 bridgehead atoms. The molecule has 0 spiro atoms. The predicted molar refractivity (Wildman–Crippen MR) is 96.5 cm³/mol. The second-order valence-corrected chi connectivity index (χ2v) is 5.97. The number of aromatic nitrogens is 4. The quantitative estimate of drug-likeness (QED) is 0.441. The number of hydrogen-bond donors (Lipinski definition) is 1. The number of carbonyl (C=O) groups is 1. The van der Waals surface area contributed by atoms with Gasteiger partial charge in [-0.05, 0) is 17.7 Å². The van der Waals surface area contributed by atoms with Gasteiger partial charge in [-0.2, -0.15) is 10.2 Å². The van der Waals surface area contributed by atoms with Gasteiger partial charge in [0.2, 0.25) is 0 Å². The summed E-state index contributed by atoms with van der Waals surface area (Å²) in [5, 5.41) is 18.5. The van der Waals surface area contributed by atoms with Gasteiger partial charge in [-0.3, -0.25) is 4.68 Å². The van der Waals surface area contributed by atoms with Gasteiger partial charge < -0.3 is 19.3 Å². The summed E-state index contributed by atoms with van der Waals surface area (Å²) in [4.78, 5) is 11.8. The molecule has 0 unspecified atom stereocenters. The Balaban J connectivity index is 1.71. The highest BCUT2D eigenvalue weighted by Gasteiger charge is 2.14. The van der Waals surface area contributed by atoms with E-state index in [2.05, 4.69) is 10.2 Å². The van der Waals surface area contributed by atoms with Crippen LogP contribution >= 0.6 is 0 Å². The Bertz CT molecular complexity index is 904. The Kier molecular flexibility index (Phi) is 6.17. The Morgan fingerprint density at radius 1 is 1.22 bits per heavy atom. The summed E-state index contributed by atoms with van der Waals surface area (Å²) in [7, 11) is 2.94. The van der Waals surface area contributed by atoms with Crippen LogP contribution in [0.1, 0.15) is 10.4 Å². The normalized spacial score (nSPS) is 12.4. The molecule has 0 amide bonds. The molecule has 3 aromatic heterocycles. The molecule has 0 saturated heterocycles. The molecule has 0 aliphatic heterocycles. The van der Waals surface area contributed by atoms with Crippen molar-refractivity contribution < 1.29 is 24.1 Å². The molecule has 9 heteroatoms. The van der Waals surface area contributed by atoms with Crippen molar-refractivity contribution in [2.24, 2.45) is 0 Å². The molecule has 0 fully saturated rings. The van der Waals surface area contributed by atoms with E-state index < -0.39 is 12.1 Å². The Morgan fingerprint density at radius 2 is 2.07 bits per heavy atom. The third-order valence-corrected chi connectivity index (χ3v) is 4.03. The fourth-order valence-corrected chi connectivity index (χ4v) is 2.67. The molecular weight excluding hydrogens is 352 g/mol. The van der Waals surface area contributed by atoms with Crippen molar-refractivity contribution in [2.45, 2.75) is 12.6 Å². The molecule has 144 valence electrons. The van der Waals surface area contributed by atoms with Crippen molar-refractivity contribution in [1.29, 1.82) is 0 Å². The number of hydrogen-bond acceptors (Lipinski definition) is 7. The van der Waals surface area contributed by atoms with E-state index in [9.17, 15) is 9.90 Å². The van der Waals surface area contributed by atoms with E-state index >= 15 is 0 Å². The average Bonchev–Trinajstić information content (AvgIpc) is 3.31. The van der Waals surface area contributed by atoms with Crippen LogP contribution in [0.3, 0.4) is 0 Å². The van der Waals surface area contributed by atoms with Gasteiger partial charge in [-0.15, -0.1) is 0 Å². The molecule has 3 aromatic rings. The fraction of sp³-hybridized carbons (Fsp3) is 0.389. The smallest absolute Gasteiger partial charge is 0.341 e. The van der Waals surface area contributed by atoms with Crippen LogP contribution in [0.5, 0.6) is 0 Å². The Hall–Kier alpha value is -2.75. The highest BCUT2D eigenvalue weighted by atomic mass is 16.5. The minimum atomic E-state index is -0.669. The van der Waals surface area contributed by atoms with Crippen LogP contribution in [-0.2, 0) is 20.8 Å². The lowest BCUT2D eigenvalue weighted by molar-refractivity contribution is 0.00598. The lowest BCUT2D eigenvalue weighted by Gasteiger charge is -2.11. The summed E-state index contributed by atoms with van der Waals surface area (Å²) in [5.41, 5.74) is 2.79. The van der Waals surface area contributed by atoms with E-state index in [1.807, 2.05) is 18.3 Å². The molecule has 27 heavy (non-hydrogen) atoms. The highest BCUT2D eigenvalue weighted by molar-refractivity contribution is 5.97. The van der Waals surface area contributed by atoms with Crippen molar-refractivity contribution in [2.75, 3.05) is 34.0 Å². The van der Waals surface area contributed by atoms with E-state index in [1.54, 1.807) is 28.7 Å². The molecule has 0 aromatic carbocycles. The van der Waals surface area contributed by atoms with E-state index in [1.165, 1.54) is 13.3 Å². The number of esters is 1. The molecule has 3 heterocycles. The zero-order valence-corrected chi connectivity index (χ0v) is 15.2. The zero-order valence-electron chi connectivity index (χ0n) is 15.2. The molecule has 0 radical (unpaired) electrons. The average molecular weight is 374 g/mol. The number of rotatable bonds is 9. The Morgan fingerprint density at radius 3 is 2.85 bits per heavy atom. The molecule has 0 saturated carbocycles. The number of fused-ring (bicyclic) bond motifs is 1. The zero-order chi connectivity index (χ0) is 19.2. The summed E-state index contributed by atoms with van der Waals surface area (Å²) in [6.07, 6.45) is 6.12. The van der Waals surface area contributed by atoms with E-state index in [0.29, 0.717) is 30.8 Å². The van der Waals surface area contributed by atoms with Gasteiger partial charge in [0.05, 0.1) is 57.5 Å². The van der Waals surface area contributed by atoms with Crippen molar-refractivity contribution in [1.82, 2.24) is 19.4 Å². The van der Waals surface area contributed by atoms with Crippen LogP contribution in [0.25, 0.3) is 16.6 Å². The standard InChI is InChI=1S/C18H22N4O5/c1-25-5-6-27-12-15(23)11-21-10-14(8-19-21)13-3-4-22-17(7-13)16(9-20-22)18(24)26-2/h3-4,7-10,15,23H,5-6,11-12H2,1-2H3/t15-/m0/s1. The molecular formula is C18H22N4O5. The van der Waals surface area contributed by atoms with E-state index in [4.69, 9.17) is 14.2 Å². The largest absolute Gasteiger partial charge is 0.465 e. The molecule has 1 N–H and O–H groups in total. The first kappa shape index (κ1) is 19.0. The lowest BCUT2D eigenvalue weighted by Crippen LogP contribution is -2.23. The van der Waals surface area contributed by atoms with Crippen molar-refractivity contribution in [3.8, 4) is 11.1 Å². The fourth-order valence-electron chi connectivity index (χ4n) is 2.67. The van der Waals surface area contributed by atoms with Crippen LogP contribution < -0.4 is 0 Å². The number of nitrogens with zero attached hydrogens (tertiary/aromatic N) is 4.